The zero-order chi connectivity index (χ0) is 15.6. The van der Waals surface area contributed by atoms with Crippen molar-refractivity contribution in [1.29, 1.82) is 0 Å². The number of hydrogen-bond donors (Lipinski definition) is 0. The molecule has 116 valence electrons. The second-order valence-corrected chi connectivity index (χ2v) is 6.41. The molecular weight excluding hydrogens is 282 g/mol. The summed E-state index contributed by atoms with van der Waals surface area (Å²) in [5.74, 6) is 1.11. The van der Waals surface area contributed by atoms with E-state index in [0.29, 0.717) is 6.04 Å². The van der Waals surface area contributed by atoms with Gasteiger partial charge < -0.3 is 4.90 Å². The fourth-order valence-electron chi connectivity index (χ4n) is 3.55. The lowest BCUT2D eigenvalue weighted by Gasteiger charge is -2.27. The van der Waals surface area contributed by atoms with Crippen molar-refractivity contribution in [3.05, 3.63) is 66.1 Å². The number of benzene rings is 1. The van der Waals surface area contributed by atoms with E-state index in [4.69, 9.17) is 4.98 Å². The largest absolute Gasteiger partial charge is 0.353 e. The van der Waals surface area contributed by atoms with Gasteiger partial charge in [0.2, 0.25) is 0 Å². The van der Waals surface area contributed by atoms with Crippen molar-refractivity contribution in [3.63, 3.8) is 0 Å². The van der Waals surface area contributed by atoms with Gasteiger partial charge in [0.1, 0.15) is 5.82 Å². The Morgan fingerprint density at radius 3 is 2.83 bits per heavy atom. The van der Waals surface area contributed by atoms with Gasteiger partial charge in [0.25, 0.3) is 0 Å². The predicted molar refractivity (Wildman–Crippen MR) is 94.8 cm³/mol. The van der Waals surface area contributed by atoms with E-state index in [2.05, 4.69) is 47.1 Å². The molecule has 23 heavy (non-hydrogen) atoms. The summed E-state index contributed by atoms with van der Waals surface area (Å²) in [5, 5.41) is 2.37. The molecule has 1 unspecified atom stereocenters. The van der Waals surface area contributed by atoms with Gasteiger partial charge in [0.15, 0.2) is 0 Å². The molecule has 4 rings (SSSR count). The van der Waals surface area contributed by atoms with Gasteiger partial charge in [-0.3, -0.25) is 4.98 Å². The van der Waals surface area contributed by atoms with Crippen molar-refractivity contribution in [2.75, 3.05) is 11.4 Å². The molecule has 0 amide bonds. The number of anilines is 1. The SMILES string of the molecule is Cc1ccc(CC2CCCN2c2nccc3cnccc23)cc1. The summed E-state index contributed by atoms with van der Waals surface area (Å²) >= 11 is 0. The van der Waals surface area contributed by atoms with Gasteiger partial charge in [0, 0.05) is 41.9 Å². The van der Waals surface area contributed by atoms with Crippen LogP contribution in [0.25, 0.3) is 10.8 Å². The highest BCUT2D eigenvalue weighted by atomic mass is 15.2. The van der Waals surface area contributed by atoms with E-state index in [-0.39, 0.29) is 0 Å². The van der Waals surface area contributed by atoms with E-state index in [1.54, 1.807) is 0 Å². The molecule has 0 bridgehead atoms. The third kappa shape index (κ3) is 2.79. The van der Waals surface area contributed by atoms with Gasteiger partial charge in [-0.25, -0.2) is 4.98 Å². The maximum absolute atomic E-state index is 4.69. The van der Waals surface area contributed by atoms with Crippen LogP contribution in [0.1, 0.15) is 24.0 Å². The summed E-state index contributed by atoms with van der Waals surface area (Å²) in [6.45, 7) is 3.23. The van der Waals surface area contributed by atoms with Gasteiger partial charge in [-0.1, -0.05) is 29.8 Å². The van der Waals surface area contributed by atoms with Crippen LogP contribution in [0.4, 0.5) is 5.82 Å². The molecule has 0 spiro atoms. The lowest BCUT2D eigenvalue weighted by Crippen LogP contribution is -2.31. The highest BCUT2D eigenvalue weighted by Crippen LogP contribution is 2.31. The second kappa shape index (κ2) is 5.99. The molecule has 1 aliphatic heterocycles. The lowest BCUT2D eigenvalue weighted by molar-refractivity contribution is 0.659. The Morgan fingerprint density at radius 2 is 1.96 bits per heavy atom. The maximum atomic E-state index is 4.69. The fraction of sp³-hybridized carbons (Fsp3) is 0.300. The quantitative estimate of drug-likeness (QED) is 0.728. The minimum absolute atomic E-state index is 0.531. The Kier molecular flexibility index (Phi) is 3.70. The average molecular weight is 303 g/mol. The highest BCUT2D eigenvalue weighted by molar-refractivity contribution is 5.91. The number of aryl methyl sites for hydroxylation is 1. The van der Waals surface area contributed by atoms with Crippen molar-refractivity contribution in [2.24, 2.45) is 0 Å². The molecule has 1 atom stereocenters. The summed E-state index contributed by atoms with van der Waals surface area (Å²) in [5.41, 5.74) is 2.73. The standard InChI is InChI=1S/C20H21N3/c1-15-4-6-16(7-5-15)13-18-3-2-12-23(18)20-19-9-10-21-14-17(19)8-11-22-20/h4-11,14,18H,2-3,12-13H2,1H3. The van der Waals surface area contributed by atoms with Crippen molar-refractivity contribution in [2.45, 2.75) is 32.2 Å². The molecule has 2 aromatic heterocycles. The number of aromatic nitrogens is 2. The Morgan fingerprint density at radius 1 is 1.09 bits per heavy atom. The van der Waals surface area contributed by atoms with Gasteiger partial charge in [-0.15, -0.1) is 0 Å². The minimum Gasteiger partial charge on any atom is -0.353 e. The molecule has 0 aliphatic carbocycles. The van der Waals surface area contributed by atoms with Crippen molar-refractivity contribution in [3.8, 4) is 0 Å². The van der Waals surface area contributed by atoms with Crippen LogP contribution in [0.2, 0.25) is 0 Å². The number of rotatable bonds is 3. The van der Waals surface area contributed by atoms with Gasteiger partial charge in [-0.05, 0) is 43.9 Å². The number of fused-ring (bicyclic) bond motifs is 1. The Balaban J connectivity index is 1.65. The van der Waals surface area contributed by atoms with E-state index >= 15 is 0 Å². The Hall–Kier alpha value is -2.42. The van der Waals surface area contributed by atoms with E-state index in [0.717, 1.165) is 18.8 Å². The normalized spacial score (nSPS) is 17.8. The lowest BCUT2D eigenvalue weighted by atomic mass is 10.0. The summed E-state index contributed by atoms with van der Waals surface area (Å²) in [6.07, 6.45) is 9.24. The zero-order valence-electron chi connectivity index (χ0n) is 13.4. The first-order valence-corrected chi connectivity index (χ1v) is 8.32. The van der Waals surface area contributed by atoms with Gasteiger partial charge in [0.05, 0.1) is 0 Å². The fourth-order valence-corrected chi connectivity index (χ4v) is 3.55. The molecule has 0 radical (unpaired) electrons. The van der Waals surface area contributed by atoms with Crippen LogP contribution < -0.4 is 4.90 Å². The van der Waals surface area contributed by atoms with E-state index in [1.807, 2.05) is 24.7 Å². The van der Waals surface area contributed by atoms with Crippen LogP contribution in [-0.4, -0.2) is 22.6 Å². The average Bonchev–Trinajstić information content (AvgIpc) is 3.04. The molecule has 3 heteroatoms. The molecule has 3 nitrogen and oxygen atoms in total. The minimum atomic E-state index is 0.531. The molecular formula is C20H21N3. The number of hydrogen-bond acceptors (Lipinski definition) is 3. The first kappa shape index (κ1) is 14.2. The van der Waals surface area contributed by atoms with Gasteiger partial charge >= 0.3 is 0 Å². The monoisotopic (exact) mass is 303 g/mol. The van der Waals surface area contributed by atoms with Crippen LogP contribution >= 0.6 is 0 Å². The summed E-state index contributed by atoms with van der Waals surface area (Å²) in [7, 11) is 0. The van der Waals surface area contributed by atoms with E-state index in [1.165, 1.54) is 34.7 Å². The predicted octanol–water partition coefficient (Wildman–Crippen LogP) is 4.15. The molecule has 0 N–H and O–H groups in total. The van der Waals surface area contributed by atoms with E-state index in [9.17, 15) is 0 Å². The highest BCUT2D eigenvalue weighted by Gasteiger charge is 2.26. The molecule has 1 fully saturated rings. The molecule has 0 saturated carbocycles. The molecule has 1 aromatic carbocycles. The Labute approximate surface area is 137 Å². The van der Waals surface area contributed by atoms with Gasteiger partial charge in [-0.2, -0.15) is 0 Å². The van der Waals surface area contributed by atoms with Crippen molar-refractivity contribution < 1.29 is 0 Å². The number of nitrogens with zero attached hydrogens (tertiary/aromatic N) is 3. The van der Waals surface area contributed by atoms with Crippen LogP contribution in [0.15, 0.2) is 55.0 Å². The van der Waals surface area contributed by atoms with E-state index < -0.39 is 0 Å². The van der Waals surface area contributed by atoms with Crippen molar-refractivity contribution in [1.82, 2.24) is 9.97 Å². The summed E-state index contributed by atoms with van der Waals surface area (Å²) in [4.78, 5) is 11.4. The molecule has 1 saturated heterocycles. The van der Waals surface area contributed by atoms with Crippen LogP contribution in [0.5, 0.6) is 0 Å². The maximum Gasteiger partial charge on any atom is 0.136 e. The smallest absolute Gasteiger partial charge is 0.136 e. The molecule has 3 heterocycles. The third-order valence-corrected chi connectivity index (χ3v) is 4.78. The van der Waals surface area contributed by atoms with Crippen LogP contribution in [0.3, 0.4) is 0 Å². The summed E-state index contributed by atoms with van der Waals surface area (Å²) < 4.78 is 0. The second-order valence-electron chi connectivity index (χ2n) is 6.41. The topological polar surface area (TPSA) is 29.0 Å². The zero-order valence-corrected chi connectivity index (χ0v) is 13.4. The van der Waals surface area contributed by atoms with Crippen molar-refractivity contribution >= 4 is 16.6 Å². The first-order chi connectivity index (χ1) is 11.3. The summed E-state index contributed by atoms with van der Waals surface area (Å²) in [6, 6.07) is 13.6. The van der Waals surface area contributed by atoms with Crippen LogP contribution in [0, 0.1) is 6.92 Å². The number of pyridine rings is 2. The third-order valence-electron chi connectivity index (χ3n) is 4.78. The molecule has 3 aromatic rings. The first-order valence-electron chi connectivity index (χ1n) is 8.32. The Bertz CT molecular complexity index is 805. The molecule has 1 aliphatic rings. The van der Waals surface area contributed by atoms with Crippen LogP contribution in [-0.2, 0) is 6.42 Å².